The molecule has 2 aromatic rings. The van der Waals surface area contributed by atoms with Crippen LogP contribution in [0.3, 0.4) is 0 Å². The zero-order valence-corrected chi connectivity index (χ0v) is 16.5. The summed E-state index contributed by atoms with van der Waals surface area (Å²) < 4.78 is 19.8. The van der Waals surface area contributed by atoms with Crippen molar-refractivity contribution in [3.63, 3.8) is 0 Å². The number of likely N-dealkylation sites (tertiary alicyclic amines) is 1. The molecule has 7 heteroatoms. The fourth-order valence-electron chi connectivity index (χ4n) is 4.64. The first-order chi connectivity index (χ1) is 13.7. The number of carbonyl (C=O) groups excluding carboxylic acids is 1. The average Bonchev–Trinajstić information content (AvgIpc) is 3.03. The van der Waals surface area contributed by atoms with E-state index < -0.39 is 0 Å². The van der Waals surface area contributed by atoms with Gasteiger partial charge in [-0.2, -0.15) is 11.3 Å². The van der Waals surface area contributed by atoms with Gasteiger partial charge >= 0.3 is 0 Å². The number of ether oxygens (including phenoxy) is 1. The number of rotatable bonds is 5. The first-order valence-electron chi connectivity index (χ1n) is 9.85. The van der Waals surface area contributed by atoms with Crippen LogP contribution in [0, 0.1) is 23.6 Å². The van der Waals surface area contributed by atoms with E-state index >= 15 is 0 Å². The molecule has 2 aliphatic heterocycles. The Bertz CT molecular complexity index is 841. The molecule has 1 N–H and O–H groups in total. The predicted molar refractivity (Wildman–Crippen MR) is 108 cm³/mol. The Labute approximate surface area is 168 Å². The van der Waals surface area contributed by atoms with E-state index in [9.17, 15) is 9.18 Å². The molecule has 0 spiro atoms. The molecule has 2 atom stereocenters. The van der Waals surface area contributed by atoms with Crippen molar-refractivity contribution in [3.05, 3.63) is 46.4 Å². The van der Waals surface area contributed by atoms with Crippen molar-refractivity contribution < 1.29 is 13.9 Å². The molecule has 3 fully saturated rings. The number of hydrogen-bond acceptors (Lipinski definition) is 5. The smallest absolute Gasteiger partial charge is 0.228 e. The van der Waals surface area contributed by atoms with Gasteiger partial charge in [-0.3, -0.25) is 9.69 Å². The lowest BCUT2D eigenvalue weighted by Gasteiger charge is -2.29. The van der Waals surface area contributed by atoms with Gasteiger partial charge in [-0.25, -0.2) is 4.39 Å². The van der Waals surface area contributed by atoms with E-state index in [1.54, 1.807) is 23.5 Å². The second-order valence-corrected chi connectivity index (χ2v) is 8.71. The Hall–Kier alpha value is -1.96. The number of halogens is 1. The third kappa shape index (κ3) is 3.54. The fourth-order valence-corrected chi connectivity index (χ4v) is 5.30. The van der Waals surface area contributed by atoms with Crippen LogP contribution in [-0.2, 0) is 16.1 Å². The number of benzene rings is 1. The fraction of sp³-hybridized carbons (Fsp3) is 0.476. The highest BCUT2D eigenvalue weighted by Gasteiger charge is 2.59. The maximum atomic E-state index is 14.5. The van der Waals surface area contributed by atoms with Gasteiger partial charge in [0.15, 0.2) is 0 Å². The van der Waals surface area contributed by atoms with Gasteiger partial charge < -0.3 is 15.0 Å². The number of hydrogen-bond donors (Lipinski definition) is 1. The molecule has 0 radical (unpaired) electrons. The van der Waals surface area contributed by atoms with Crippen molar-refractivity contribution in [1.29, 1.82) is 0 Å². The van der Waals surface area contributed by atoms with Crippen molar-refractivity contribution >= 4 is 28.6 Å². The normalized spacial score (nSPS) is 26.9. The number of nitrogens with zero attached hydrogens (tertiary/aromatic N) is 2. The highest BCUT2D eigenvalue weighted by molar-refractivity contribution is 7.07. The molecule has 1 amide bonds. The molecule has 0 bridgehead atoms. The lowest BCUT2D eigenvalue weighted by atomic mass is 10.2. The van der Waals surface area contributed by atoms with Crippen LogP contribution in [0.2, 0.25) is 0 Å². The van der Waals surface area contributed by atoms with Crippen LogP contribution in [0.1, 0.15) is 5.56 Å². The highest BCUT2D eigenvalue weighted by Crippen LogP contribution is 2.52. The number of amides is 1. The van der Waals surface area contributed by atoms with Crippen LogP contribution in [0.5, 0.6) is 0 Å². The quantitative estimate of drug-likeness (QED) is 0.837. The second kappa shape index (κ2) is 7.46. The third-order valence-corrected chi connectivity index (χ3v) is 6.86. The number of piperidine rings is 1. The van der Waals surface area contributed by atoms with Gasteiger partial charge in [0.1, 0.15) is 5.82 Å². The molecule has 3 aliphatic rings. The van der Waals surface area contributed by atoms with Crippen LogP contribution >= 0.6 is 11.3 Å². The molecule has 2 unspecified atom stereocenters. The van der Waals surface area contributed by atoms with Gasteiger partial charge in [0.2, 0.25) is 5.91 Å². The first-order valence-corrected chi connectivity index (χ1v) is 10.8. The van der Waals surface area contributed by atoms with Gasteiger partial charge in [0.25, 0.3) is 0 Å². The Kier molecular flexibility index (Phi) is 4.82. The van der Waals surface area contributed by atoms with Gasteiger partial charge in [-0.05, 0) is 52.4 Å². The van der Waals surface area contributed by atoms with E-state index in [2.05, 4.69) is 27.0 Å². The lowest BCUT2D eigenvalue weighted by molar-refractivity contribution is -0.118. The van der Waals surface area contributed by atoms with Gasteiger partial charge in [-0.15, -0.1) is 0 Å². The largest absolute Gasteiger partial charge is 0.378 e. The predicted octanol–water partition coefficient (Wildman–Crippen LogP) is 3.04. The highest BCUT2D eigenvalue weighted by atomic mass is 32.1. The molecule has 5 rings (SSSR count). The summed E-state index contributed by atoms with van der Waals surface area (Å²) in [5.74, 6) is 0.689. The molecule has 2 saturated heterocycles. The molecule has 5 nitrogen and oxygen atoms in total. The maximum absolute atomic E-state index is 14.5. The summed E-state index contributed by atoms with van der Waals surface area (Å²) in [7, 11) is 0. The Morgan fingerprint density at radius 3 is 2.68 bits per heavy atom. The molecular formula is C21H24FN3O2S. The zero-order chi connectivity index (χ0) is 19.1. The van der Waals surface area contributed by atoms with Crippen LogP contribution in [0.4, 0.5) is 15.8 Å². The Balaban J connectivity index is 1.16. The summed E-state index contributed by atoms with van der Waals surface area (Å²) in [5, 5.41) is 7.21. The molecule has 1 aliphatic carbocycles. The zero-order valence-electron chi connectivity index (χ0n) is 15.6. The lowest BCUT2D eigenvalue weighted by Crippen LogP contribution is -2.36. The molecule has 148 valence electrons. The second-order valence-electron chi connectivity index (χ2n) is 7.93. The minimum Gasteiger partial charge on any atom is -0.378 e. The molecule has 1 saturated carbocycles. The summed E-state index contributed by atoms with van der Waals surface area (Å²) >= 11 is 1.72. The summed E-state index contributed by atoms with van der Waals surface area (Å²) in [6, 6.07) is 7.15. The maximum Gasteiger partial charge on any atom is 0.228 e. The van der Waals surface area contributed by atoms with Gasteiger partial charge in [0, 0.05) is 44.3 Å². The number of morpholine rings is 1. The van der Waals surface area contributed by atoms with E-state index in [0.717, 1.165) is 19.6 Å². The number of thiophene rings is 1. The van der Waals surface area contributed by atoms with Crippen LogP contribution in [0.15, 0.2) is 35.0 Å². The number of carbonyl (C=O) groups is 1. The van der Waals surface area contributed by atoms with E-state index in [0.29, 0.717) is 49.5 Å². The summed E-state index contributed by atoms with van der Waals surface area (Å²) in [6.07, 6.45) is 0. The topological polar surface area (TPSA) is 44.8 Å². The first kappa shape index (κ1) is 18.1. The van der Waals surface area contributed by atoms with E-state index in [-0.39, 0.29) is 17.6 Å². The van der Waals surface area contributed by atoms with E-state index in [1.165, 1.54) is 11.6 Å². The number of fused-ring (bicyclic) bond motifs is 1. The third-order valence-electron chi connectivity index (χ3n) is 6.13. The molecule has 1 aromatic heterocycles. The number of nitrogens with one attached hydrogen (secondary N) is 1. The Morgan fingerprint density at radius 2 is 2.00 bits per heavy atom. The van der Waals surface area contributed by atoms with Crippen molar-refractivity contribution in [2.24, 2.45) is 17.8 Å². The van der Waals surface area contributed by atoms with Crippen molar-refractivity contribution in [1.82, 2.24) is 4.90 Å². The van der Waals surface area contributed by atoms with Gasteiger partial charge in [-0.1, -0.05) is 0 Å². The van der Waals surface area contributed by atoms with Crippen LogP contribution in [0.25, 0.3) is 0 Å². The van der Waals surface area contributed by atoms with Crippen molar-refractivity contribution in [3.8, 4) is 0 Å². The minimum absolute atomic E-state index is 0.0312. The average molecular weight is 402 g/mol. The number of anilines is 2. The summed E-state index contributed by atoms with van der Waals surface area (Å²) in [6.45, 7) is 5.54. The van der Waals surface area contributed by atoms with Crippen molar-refractivity contribution in [2.45, 2.75) is 6.54 Å². The van der Waals surface area contributed by atoms with Crippen molar-refractivity contribution in [2.75, 3.05) is 49.6 Å². The molecular weight excluding hydrogens is 377 g/mol. The summed E-state index contributed by atoms with van der Waals surface area (Å²) in [4.78, 5) is 17.0. The van der Waals surface area contributed by atoms with Crippen LogP contribution in [-0.4, -0.2) is 50.2 Å². The molecule has 28 heavy (non-hydrogen) atoms. The molecule has 3 heterocycles. The minimum atomic E-state index is -0.294. The Morgan fingerprint density at radius 1 is 1.21 bits per heavy atom. The SMILES string of the molecule is O=C(Nc1ccc(N2CCOCC2)c(F)c1)C1C2CN(Cc3ccsc3)CC21. The standard InChI is InChI=1S/C21H24FN3O2S/c22-18-9-15(1-2-19(18)25-4-6-27-7-5-25)23-21(26)20-16-11-24(12-17(16)20)10-14-3-8-28-13-14/h1-3,8-9,13,16-17,20H,4-7,10-12H2,(H,23,26). The summed E-state index contributed by atoms with van der Waals surface area (Å²) in [5.41, 5.74) is 2.47. The van der Waals surface area contributed by atoms with Gasteiger partial charge in [0.05, 0.1) is 18.9 Å². The van der Waals surface area contributed by atoms with E-state index in [1.807, 2.05) is 4.90 Å². The molecule has 1 aromatic carbocycles. The monoisotopic (exact) mass is 401 g/mol. The van der Waals surface area contributed by atoms with E-state index in [4.69, 9.17) is 4.74 Å². The van der Waals surface area contributed by atoms with Crippen LogP contribution < -0.4 is 10.2 Å².